The zero-order valence-corrected chi connectivity index (χ0v) is 10.6. The average Bonchev–Trinajstić information content (AvgIpc) is 2.97. The molecule has 2 heterocycles. The van der Waals surface area contributed by atoms with Crippen LogP contribution in [0.4, 0.5) is 0 Å². The average molecular weight is 239 g/mol. The van der Waals surface area contributed by atoms with Gasteiger partial charge < -0.3 is 14.6 Å². The first-order valence-electron chi connectivity index (χ1n) is 6.46. The Morgan fingerprint density at radius 1 is 1.53 bits per heavy atom. The van der Waals surface area contributed by atoms with E-state index in [-0.39, 0.29) is 0 Å². The Morgan fingerprint density at radius 3 is 3.12 bits per heavy atom. The van der Waals surface area contributed by atoms with Crippen molar-refractivity contribution in [2.24, 2.45) is 0 Å². The molecule has 5 heteroatoms. The second-order valence-corrected chi connectivity index (χ2v) is 4.58. The molecule has 0 radical (unpaired) electrons. The van der Waals surface area contributed by atoms with Crippen molar-refractivity contribution in [2.45, 2.75) is 58.2 Å². The van der Waals surface area contributed by atoms with Gasteiger partial charge in [-0.15, -0.1) is 0 Å². The van der Waals surface area contributed by atoms with Crippen LogP contribution in [0.15, 0.2) is 4.52 Å². The van der Waals surface area contributed by atoms with Crippen LogP contribution in [-0.4, -0.2) is 28.9 Å². The van der Waals surface area contributed by atoms with E-state index in [2.05, 4.69) is 29.3 Å². The van der Waals surface area contributed by atoms with Gasteiger partial charge in [0.1, 0.15) is 0 Å². The molecular formula is C12H21N3O2. The van der Waals surface area contributed by atoms with Crippen LogP contribution in [0.3, 0.4) is 0 Å². The number of aryl methyl sites for hydroxylation is 1. The van der Waals surface area contributed by atoms with E-state index in [9.17, 15) is 0 Å². The largest absolute Gasteiger partial charge is 0.377 e. The van der Waals surface area contributed by atoms with E-state index in [1.165, 1.54) is 0 Å². The fourth-order valence-electron chi connectivity index (χ4n) is 2.06. The van der Waals surface area contributed by atoms with Crippen LogP contribution in [0.1, 0.15) is 44.8 Å². The highest BCUT2D eigenvalue weighted by molar-refractivity contribution is 4.87. The maximum Gasteiger partial charge on any atom is 0.240 e. The summed E-state index contributed by atoms with van der Waals surface area (Å²) in [6.45, 7) is 5.75. The third kappa shape index (κ3) is 3.51. The van der Waals surface area contributed by atoms with Gasteiger partial charge in [0.2, 0.25) is 5.89 Å². The fraction of sp³-hybridized carbons (Fsp3) is 0.833. The molecule has 0 saturated carbocycles. The number of rotatable bonds is 6. The molecule has 0 unspecified atom stereocenters. The summed E-state index contributed by atoms with van der Waals surface area (Å²) in [6.07, 6.45) is 4.55. The molecule has 1 aliphatic rings. The summed E-state index contributed by atoms with van der Waals surface area (Å²) in [5.41, 5.74) is 0. The van der Waals surface area contributed by atoms with Crippen LogP contribution < -0.4 is 5.32 Å². The molecule has 0 aliphatic carbocycles. The van der Waals surface area contributed by atoms with E-state index >= 15 is 0 Å². The van der Waals surface area contributed by atoms with Gasteiger partial charge >= 0.3 is 0 Å². The summed E-state index contributed by atoms with van der Waals surface area (Å²) < 4.78 is 10.8. The standard InChI is InChI=1S/C12H21N3O2/c1-3-5-11-14-12(17-15-11)8-13-9(2)10-6-4-7-16-10/h9-10,13H,3-8H2,1-2H3/t9-,10+/m0/s1. The second kappa shape index (κ2) is 6.12. The first-order chi connectivity index (χ1) is 8.29. The van der Waals surface area contributed by atoms with Crippen LogP contribution in [0.25, 0.3) is 0 Å². The summed E-state index contributed by atoms with van der Waals surface area (Å²) >= 11 is 0. The van der Waals surface area contributed by atoms with Gasteiger partial charge in [-0.1, -0.05) is 12.1 Å². The molecule has 1 aromatic rings. The Labute approximate surface area is 102 Å². The van der Waals surface area contributed by atoms with Crippen molar-refractivity contribution in [3.63, 3.8) is 0 Å². The molecule has 0 bridgehead atoms. The summed E-state index contributed by atoms with van der Waals surface area (Å²) in [5, 5.41) is 7.30. The van der Waals surface area contributed by atoms with Crippen molar-refractivity contribution in [3.05, 3.63) is 11.7 Å². The quantitative estimate of drug-likeness (QED) is 0.818. The van der Waals surface area contributed by atoms with Gasteiger partial charge in [0, 0.05) is 19.1 Å². The molecule has 1 aromatic heterocycles. The number of aromatic nitrogens is 2. The van der Waals surface area contributed by atoms with E-state index in [4.69, 9.17) is 9.26 Å². The van der Waals surface area contributed by atoms with Crippen molar-refractivity contribution in [2.75, 3.05) is 6.61 Å². The first-order valence-corrected chi connectivity index (χ1v) is 6.46. The molecule has 1 aliphatic heterocycles. The Balaban J connectivity index is 1.76. The molecule has 96 valence electrons. The topological polar surface area (TPSA) is 60.2 Å². The molecule has 0 aromatic carbocycles. The smallest absolute Gasteiger partial charge is 0.240 e. The molecule has 2 atom stereocenters. The van der Waals surface area contributed by atoms with Crippen LogP contribution in [0.2, 0.25) is 0 Å². The zero-order chi connectivity index (χ0) is 12.1. The molecule has 1 N–H and O–H groups in total. The number of hydrogen-bond acceptors (Lipinski definition) is 5. The van der Waals surface area contributed by atoms with Gasteiger partial charge in [0.15, 0.2) is 5.82 Å². The number of nitrogens with one attached hydrogen (secondary N) is 1. The summed E-state index contributed by atoms with van der Waals surface area (Å²) in [4.78, 5) is 4.32. The highest BCUT2D eigenvalue weighted by Crippen LogP contribution is 2.15. The van der Waals surface area contributed by atoms with Crippen LogP contribution in [-0.2, 0) is 17.7 Å². The van der Waals surface area contributed by atoms with Crippen LogP contribution >= 0.6 is 0 Å². The predicted octanol–water partition coefficient (Wildman–Crippen LogP) is 1.68. The molecule has 17 heavy (non-hydrogen) atoms. The molecule has 1 saturated heterocycles. The highest BCUT2D eigenvalue weighted by Gasteiger charge is 2.22. The summed E-state index contributed by atoms with van der Waals surface area (Å²) in [5.74, 6) is 1.47. The lowest BCUT2D eigenvalue weighted by molar-refractivity contribution is 0.0822. The number of ether oxygens (including phenoxy) is 1. The Hall–Kier alpha value is -0.940. The third-order valence-corrected chi connectivity index (χ3v) is 3.08. The molecule has 0 spiro atoms. The molecule has 1 fully saturated rings. The Kier molecular flexibility index (Phi) is 4.50. The normalized spacial score (nSPS) is 21.9. The molecule has 0 amide bonds. The van der Waals surface area contributed by atoms with E-state index in [1.807, 2.05) is 0 Å². The molecule has 2 rings (SSSR count). The van der Waals surface area contributed by atoms with Gasteiger partial charge in [0.05, 0.1) is 12.6 Å². The summed E-state index contributed by atoms with van der Waals surface area (Å²) in [7, 11) is 0. The maximum atomic E-state index is 5.62. The molecular weight excluding hydrogens is 218 g/mol. The Bertz CT molecular complexity index is 334. The minimum atomic E-state index is 0.327. The monoisotopic (exact) mass is 239 g/mol. The van der Waals surface area contributed by atoms with Crippen molar-refractivity contribution < 1.29 is 9.26 Å². The second-order valence-electron chi connectivity index (χ2n) is 4.58. The van der Waals surface area contributed by atoms with Gasteiger partial charge in [0.25, 0.3) is 0 Å². The highest BCUT2D eigenvalue weighted by atomic mass is 16.5. The van der Waals surface area contributed by atoms with Crippen molar-refractivity contribution in [1.29, 1.82) is 0 Å². The van der Waals surface area contributed by atoms with Gasteiger partial charge in [-0.05, 0) is 26.2 Å². The van der Waals surface area contributed by atoms with Crippen LogP contribution in [0, 0.1) is 0 Å². The lowest BCUT2D eigenvalue weighted by Gasteiger charge is -2.18. The fourth-order valence-corrected chi connectivity index (χ4v) is 2.06. The van der Waals surface area contributed by atoms with Gasteiger partial charge in [-0.25, -0.2) is 0 Å². The van der Waals surface area contributed by atoms with Gasteiger partial charge in [-0.2, -0.15) is 4.98 Å². The van der Waals surface area contributed by atoms with Crippen molar-refractivity contribution >= 4 is 0 Å². The number of nitrogens with zero attached hydrogens (tertiary/aromatic N) is 2. The maximum absolute atomic E-state index is 5.62. The van der Waals surface area contributed by atoms with E-state index < -0.39 is 0 Å². The lowest BCUT2D eigenvalue weighted by atomic mass is 10.1. The zero-order valence-electron chi connectivity index (χ0n) is 10.6. The van der Waals surface area contributed by atoms with E-state index in [1.54, 1.807) is 0 Å². The third-order valence-electron chi connectivity index (χ3n) is 3.08. The van der Waals surface area contributed by atoms with E-state index in [0.29, 0.717) is 24.6 Å². The lowest BCUT2D eigenvalue weighted by Crippen LogP contribution is -2.36. The Morgan fingerprint density at radius 2 is 2.41 bits per heavy atom. The molecule has 5 nitrogen and oxygen atoms in total. The predicted molar refractivity (Wildman–Crippen MR) is 63.6 cm³/mol. The summed E-state index contributed by atoms with van der Waals surface area (Å²) in [6, 6.07) is 0.332. The van der Waals surface area contributed by atoms with Crippen molar-refractivity contribution in [1.82, 2.24) is 15.5 Å². The van der Waals surface area contributed by atoms with Crippen molar-refractivity contribution in [3.8, 4) is 0 Å². The number of hydrogen-bond donors (Lipinski definition) is 1. The van der Waals surface area contributed by atoms with Crippen LogP contribution in [0.5, 0.6) is 0 Å². The SMILES string of the molecule is CCCc1noc(CN[C@@H](C)[C@H]2CCCO2)n1. The minimum absolute atomic E-state index is 0.327. The first kappa shape index (κ1) is 12.5. The van der Waals surface area contributed by atoms with E-state index in [0.717, 1.165) is 38.1 Å². The minimum Gasteiger partial charge on any atom is -0.377 e. The van der Waals surface area contributed by atoms with Gasteiger partial charge in [-0.3, -0.25) is 0 Å².